The molecule has 0 aromatic carbocycles. The number of hydrogen-bond donors (Lipinski definition) is 0. The third kappa shape index (κ3) is 60.0. The maximum absolute atomic E-state index is 12.9. The molecular formula is C68H122O6. The van der Waals surface area contributed by atoms with Crippen molar-refractivity contribution in [3.63, 3.8) is 0 Å². The number of ether oxygens (including phenoxy) is 3. The number of allylic oxidation sites excluding steroid dienone is 10. The summed E-state index contributed by atoms with van der Waals surface area (Å²) >= 11 is 0. The Hall–Kier alpha value is -2.89. The van der Waals surface area contributed by atoms with Crippen LogP contribution in [-0.4, -0.2) is 37.2 Å². The maximum atomic E-state index is 12.9. The molecule has 0 saturated carbocycles. The van der Waals surface area contributed by atoms with E-state index in [0.717, 1.165) is 96.3 Å². The Morgan fingerprint density at radius 1 is 0.270 bits per heavy atom. The van der Waals surface area contributed by atoms with Crippen LogP contribution in [0.1, 0.15) is 335 Å². The summed E-state index contributed by atoms with van der Waals surface area (Å²) in [5.74, 6) is -0.890. The zero-order valence-electron chi connectivity index (χ0n) is 49.4. The average Bonchev–Trinajstić information content (AvgIpc) is 3.40. The van der Waals surface area contributed by atoms with Gasteiger partial charge in [-0.25, -0.2) is 0 Å². The van der Waals surface area contributed by atoms with Gasteiger partial charge in [-0.1, -0.05) is 274 Å². The van der Waals surface area contributed by atoms with E-state index in [0.29, 0.717) is 19.3 Å². The minimum absolute atomic E-state index is 0.0802. The summed E-state index contributed by atoms with van der Waals surface area (Å²) in [5, 5.41) is 0. The Labute approximate surface area is 460 Å². The van der Waals surface area contributed by atoms with E-state index in [9.17, 15) is 14.4 Å². The lowest BCUT2D eigenvalue weighted by Gasteiger charge is -2.18. The van der Waals surface area contributed by atoms with Crippen LogP contribution in [0.5, 0.6) is 0 Å². The van der Waals surface area contributed by atoms with Gasteiger partial charge in [-0.3, -0.25) is 14.4 Å². The van der Waals surface area contributed by atoms with Crippen molar-refractivity contribution in [2.24, 2.45) is 0 Å². The Balaban J connectivity index is 4.20. The van der Waals surface area contributed by atoms with E-state index in [1.807, 2.05) is 0 Å². The second-order valence-corrected chi connectivity index (χ2v) is 21.7. The van der Waals surface area contributed by atoms with Crippen molar-refractivity contribution in [1.82, 2.24) is 0 Å². The smallest absolute Gasteiger partial charge is 0.306 e. The Morgan fingerprint density at radius 3 is 0.851 bits per heavy atom. The summed E-state index contributed by atoms with van der Waals surface area (Å²) < 4.78 is 16.9. The molecule has 0 fully saturated rings. The third-order valence-electron chi connectivity index (χ3n) is 14.2. The van der Waals surface area contributed by atoms with Gasteiger partial charge in [-0.2, -0.15) is 0 Å². The lowest BCUT2D eigenvalue weighted by Crippen LogP contribution is -2.30. The zero-order chi connectivity index (χ0) is 53.6. The van der Waals surface area contributed by atoms with Gasteiger partial charge in [0.05, 0.1) is 0 Å². The van der Waals surface area contributed by atoms with Gasteiger partial charge in [0.25, 0.3) is 0 Å². The van der Waals surface area contributed by atoms with Crippen LogP contribution in [0, 0.1) is 0 Å². The van der Waals surface area contributed by atoms with E-state index < -0.39 is 6.10 Å². The normalized spacial score (nSPS) is 12.4. The van der Waals surface area contributed by atoms with Crippen LogP contribution in [0.15, 0.2) is 60.8 Å². The van der Waals surface area contributed by atoms with Crippen LogP contribution in [0.2, 0.25) is 0 Å². The molecular weight excluding hydrogens is 913 g/mol. The number of hydrogen-bond acceptors (Lipinski definition) is 6. The van der Waals surface area contributed by atoms with Crippen LogP contribution in [0.3, 0.4) is 0 Å². The van der Waals surface area contributed by atoms with Crippen molar-refractivity contribution >= 4 is 17.9 Å². The number of unbranched alkanes of at least 4 members (excludes halogenated alkanes) is 38. The van der Waals surface area contributed by atoms with E-state index in [-0.39, 0.29) is 31.1 Å². The topological polar surface area (TPSA) is 78.9 Å². The van der Waals surface area contributed by atoms with E-state index in [4.69, 9.17) is 14.2 Å². The molecule has 0 amide bonds. The van der Waals surface area contributed by atoms with Crippen molar-refractivity contribution in [1.29, 1.82) is 0 Å². The Bertz CT molecular complexity index is 1330. The fourth-order valence-corrected chi connectivity index (χ4v) is 9.33. The van der Waals surface area contributed by atoms with E-state index in [1.54, 1.807) is 0 Å². The highest BCUT2D eigenvalue weighted by Crippen LogP contribution is 2.17. The predicted octanol–water partition coefficient (Wildman–Crippen LogP) is 21.9. The number of esters is 3. The van der Waals surface area contributed by atoms with Crippen molar-refractivity contribution in [3.8, 4) is 0 Å². The number of rotatable bonds is 59. The molecule has 0 aromatic rings. The molecule has 0 aromatic heterocycles. The van der Waals surface area contributed by atoms with Gasteiger partial charge in [-0.05, 0) is 103 Å². The molecule has 1 unspecified atom stereocenters. The Morgan fingerprint density at radius 2 is 0.514 bits per heavy atom. The van der Waals surface area contributed by atoms with Crippen molar-refractivity contribution in [2.45, 2.75) is 341 Å². The summed E-state index contributed by atoms with van der Waals surface area (Å²) in [4.78, 5) is 38.2. The minimum Gasteiger partial charge on any atom is -0.462 e. The predicted molar refractivity (Wildman–Crippen MR) is 321 cm³/mol. The molecule has 0 aliphatic rings. The third-order valence-corrected chi connectivity index (χ3v) is 14.2. The van der Waals surface area contributed by atoms with Gasteiger partial charge in [-0.15, -0.1) is 0 Å². The molecule has 0 bridgehead atoms. The van der Waals surface area contributed by atoms with E-state index >= 15 is 0 Å². The standard InChI is InChI=1S/C68H122O6/c1-4-7-10-13-16-19-22-24-26-28-30-31-32-33-34-35-36-37-39-40-42-44-46-49-52-55-58-61-67(70)73-64-65(63-72-66(69)60-57-54-51-48-21-18-15-12-9-6-3)74-68(71)62-59-56-53-50-47-45-43-41-38-29-27-25-23-20-17-14-11-8-5-2/h12,15,17,20,25,27-28,30,38,41,65H,4-11,13-14,16,18-19,21-24,26,29,31-37,39-40,42-64H2,1-3H3/b15-12-,20-17-,27-25-,30-28-,41-38-. The fraction of sp³-hybridized carbons (Fsp3) is 0.809. The van der Waals surface area contributed by atoms with Gasteiger partial charge in [0.1, 0.15) is 13.2 Å². The highest BCUT2D eigenvalue weighted by molar-refractivity contribution is 5.71. The average molecular weight is 1040 g/mol. The summed E-state index contributed by atoms with van der Waals surface area (Å²) in [6.07, 6.45) is 79.6. The summed E-state index contributed by atoms with van der Waals surface area (Å²) in [6.45, 7) is 6.57. The summed E-state index contributed by atoms with van der Waals surface area (Å²) in [7, 11) is 0. The highest BCUT2D eigenvalue weighted by Gasteiger charge is 2.19. The zero-order valence-corrected chi connectivity index (χ0v) is 49.4. The molecule has 6 nitrogen and oxygen atoms in total. The largest absolute Gasteiger partial charge is 0.462 e. The van der Waals surface area contributed by atoms with Crippen LogP contribution in [0.4, 0.5) is 0 Å². The van der Waals surface area contributed by atoms with Crippen molar-refractivity contribution in [3.05, 3.63) is 60.8 Å². The lowest BCUT2D eigenvalue weighted by atomic mass is 10.0. The summed E-state index contributed by atoms with van der Waals surface area (Å²) in [6, 6.07) is 0. The van der Waals surface area contributed by atoms with Gasteiger partial charge >= 0.3 is 17.9 Å². The molecule has 430 valence electrons. The van der Waals surface area contributed by atoms with Crippen LogP contribution in [0.25, 0.3) is 0 Å². The van der Waals surface area contributed by atoms with E-state index in [2.05, 4.69) is 81.5 Å². The molecule has 0 N–H and O–H groups in total. The molecule has 0 spiro atoms. The van der Waals surface area contributed by atoms with Crippen LogP contribution in [-0.2, 0) is 28.6 Å². The first-order chi connectivity index (χ1) is 36.5. The lowest BCUT2D eigenvalue weighted by molar-refractivity contribution is -0.167. The van der Waals surface area contributed by atoms with Gasteiger partial charge in [0.15, 0.2) is 6.10 Å². The molecule has 0 rings (SSSR count). The molecule has 6 heteroatoms. The first kappa shape index (κ1) is 71.1. The molecule has 0 aliphatic heterocycles. The SMILES string of the molecule is CCC/C=C\CCCCCCCC(=O)OCC(COC(=O)CCCCCCCCCCCCCCCCC/C=C\CCCCCCCCCC)OC(=O)CCCCCCCC/C=C\C/C=C\C/C=C\CCCCC. The van der Waals surface area contributed by atoms with Crippen LogP contribution < -0.4 is 0 Å². The van der Waals surface area contributed by atoms with Crippen molar-refractivity contribution < 1.29 is 28.6 Å². The quantitative estimate of drug-likeness (QED) is 0.0261. The molecule has 1 atom stereocenters. The number of carbonyl (C=O) groups is 3. The number of carbonyl (C=O) groups excluding carboxylic acids is 3. The van der Waals surface area contributed by atoms with Gasteiger partial charge < -0.3 is 14.2 Å². The minimum atomic E-state index is -0.784. The second-order valence-electron chi connectivity index (χ2n) is 21.7. The molecule has 0 radical (unpaired) electrons. The first-order valence-corrected chi connectivity index (χ1v) is 32.3. The molecule has 74 heavy (non-hydrogen) atoms. The first-order valence-electron chi connectivity index (χ1n) is 32.3. The van der Waals surface area contributed by atoms with E-state index in [1.165, 1.54) is 199 Å². The monoisotopic (exact) mass is 1030 g/mol. The van der Waals surface area contributed by atoms with Crippen LogP contribution >= 0.6 is 0 Å². The molecule has 0 saturated heterocycles. The fourth-order valence-electron chi connectivity index (χ4n) is 9.33. The Kier molecular flexibility index (Phi) is 60.2. The highest BCUT2D eigenvalue weighted by atomic mass is 16.6. The maximum Gasteiger partial charge on any atom is 0.306 e. The molecule has 0 aliphatic carbocycles. The molecule has 0 heterocycles. The van der Waals surface area contributed by atoms with Crippen molar-refractivity contribution in [2.75, 3.05) is 13.2 Å². The summed E-state index contributed by atoms with van der Waals surface area (Å²) in [5.41, 5.74) is 0. The van der Waals surface area contributed by atoms with Gasteiger partial charge in [0.2, 0.25) is 0 Å². The second kappa shape index (κ2) is 62.6. The van der Waals surface area contributed by atoms with Gasteiger partial charge in [0, 0.05) is 19.3 Å².